The lowest BCUT2D eigenvalue weighted by atomic mass is 10.1. The van der Waals surface area contributed by atoms with Crippen LogP contribution in [0.5, 0.6) is 11.5 Å². The first kappa shape index (κ1) is 24.9. The molecule has 1 aliphatic rings. The van der Waals surface area contributed by atoms with E-state index in [4.69, 9.17) is 16.4 Å². The smallest absolute Gasteiger partial charge is 0.475 e. The Morgan fingerprint density at radius 1 is 1.15 bits per heavy atom. The van der Waals surface area contributed by atoms with Gasteiger partial charge in [-0.15, -0.1) is 13.9 Å². The van der Waals surface area contributed by atoms with E-state index in [1.54, 1.807) is 31.2 Å². The average molecular weight is 476 g/mol. The molecule has 0 unspecified atom stereocenters. The van der Waals surface area contributed by atoms with Gasteiger partial charge in [0.1, 0.15) is 6.61 Å². The molecule has 2 aromatic carbocycles. The Morgan fingerprint density at radius 3 is 2.53 bits per heavy atom. The molecule has 34 heavy (non-hydrogen) atoms. The molecule has 0 spiro atoms. The number of ether oxygens (including phenoxy) is 3. The fourth-order valence-electron chi connectivity index (χ4n) is 3.17. The topological polar surface area (TPSA) is 128 Å². The monoisotopic (exact) mass is 476 g/mol. The maximum atomic E-state index is 13.5. The number of hydrazine groups is 2. The molecule has 0 aromatic heterocycles. The van der Waals surface area contributed by atoms with Crippen molar-refractivity contribution in [1.82, 2.24) is 5.01 Å². The number of anilines is 1. The van der Waals surface area contributed by atoms with Crippen molar-refractivity contribution < 1.29 is 27.8 Å². The third-order valence-corrected chi connectivity index (χ3v) is 4.97. The number of carbonyl (C=O) groups excluding carboxylic acids is 1. The summed E-state index contributed by atoms with van der Waals surface area (Å²) in [6.45, 7) is 5.34. The number of fused-ring (bicyclic) bond motifs is 1. The largest absolute Gasteiger partial charge is 0.586 e. The van der Waals surface area contributed by atoms with E-state index < -0.39 is 12.3 Å². The van der Waals surface area contributed by atoms with Crippen LogP contribution in [0.4, 0.5) is 19.3 Å². The maximum Gasteiger partial charge on any atom is 0.586 e. The molecular weight excluding hydrogens is 450 g/mol. The summed E-state index contributed by atoms with van der Waals surface area (Å²) in [6, 6.07) is 9.18. The number of urea groups is 1. The van der Waals surface area contributed by atoms with Crippen molar-refractivity contribution in [1.29, 1.82) is 0 Å². The van der Waals surface area contributed by atoms with Gasteiger partial charge in [0.15, 0.2) is 11.5 Å². The molecule has 3 rings (SSSR count). The van der Waals surface area contributed by atoms with Gasteiger partial charge in [-0.05, 0) is 37.6 Å². The minimum atomic E-state index is -3.73. The molecule has 0 bridgehead atoms. The number of hydrogen-bond acceptors (Lipinski definition) is 8. The lowest BCUT2D eigenvalue weighted by Gasteiger charge is -2.24. The van der Waals surface area contributed by atoms with Gasteiger partial charge in [0, 0.05) is 24.6 Å². The van der Waals surface area contributed by atoms with Crippen LogP contribution in [0.25, 0.3) is 0 Å². The van der Waals surface area contributed by atoms with Gasteiger partial charge in [-0.2, -0.15) is 5.10 Å². The highest BCUT2D eigenvalue weighted by Crippen LogP contribution is 2.43. The van der Waals surface area contributed by atoms with Crippen molar-refractivity contribution in [2.45, 2.75) is 40.1 Å². The Kier molecular flexibility index (Phi) is 7.32. The normalized spacial score (nSPS) is 14.7. The Hall–Kier alpha value is -3.77. The lowest BCUT2D eigenvalue weighted by Crippen LogP contribution is -2.49. The standard InChI is InChI=1S/C22H26F2N6O4/c1-5-19(28-27-14(3)15-9-7-11-18-20(15)34-22(23,24)33-18)32-12-16-13(2)8-6-10-17(16)30(26)21(31)29(4)25/h6-11H,5,12,25-26H2,1-4H3. The summed E-state index contributed by atoms with van der Waals surface area (Å²) in [6.07, 6.45) is -3.33. The summed E-state index contributed by atoms with van der Waals surface area (Å²) in [5.74, 6) is 11.6. The number of nitrogens with zero attached hydrogens (tertiary/aromatic N) is 4. The number of para-hydroxylation sites is 1. The molecule has 1 heterocycles. The van der Waals surface area contributed by atoms with E-state index in [-0.39, 0.29) is 24.0 Å². The molecule has 0 fully saturated rings. The summed E-state index contributed by atoms with van der Waals surface area (Å²) < 4.78 is 41.8. The molecule has 12 heteroatoms. The van der Waals surface area contributed by atoms with E-state index in [0.29, 0.717) is 28.9 Å². The van der Waals surface area contributed by atoms with Gasteiger partial charge in [0.2, 0.25) is 5.90 Å². The summed E-state index contributed by atoms with van der Waals surface area (Å²) in [5.41, 5.74) is 2.58. The van der Waals surface area contributed by atoms with Crippen molar-refractivity contribution in [2.75, 3.05) is 12.1 Å². The highest BCUT2D eigenvalue weighted by atomic mass is 19.3. The molecule has 0 saturated heterocycles. The molecule has 10 nitrogen and oxygen atoms in total. The van der Waals surface area contributed by atoms with Gasteiger partial charge in [-0.3, -0.25) is 5.01 Å². The van der Waals surface area contributed by atoms with E-state index in [1.165, 1.54) is 13.1 Å². The summed E-state index contributed by atoms with van der Waals surface area (Å²) in [4.78, 5) is 12.2. The number of carbonyl (C=O) groups is 1. The molecule has 4 N–H and O–H groups in total. The van der Waals surface area contributed by atoms with E-state index in [2.05, 4.69) is 19.7 Å². The average Bonchev–Trinajstić information content (AvgIpc) is 3.12. The van der Waals surface area contributed by atoms with Crippen LogP contribution in [0.1, 0.15) is 37.0 Å². The van der Waals surface area contributed by atoms with Crippen LogP contribution >= 0.6 is 0 Å². The summed E-state index contributed by atoms with van der Waals surface area (Å²) in [5, 5.41) is 10.0. The van der Waals surface area contributed by atoms with Crippen molar-refractivity contribution >= 4 is 23.3 Å². The molecule has 0 radical (unpaired) electrons. The molecule has 0 atom stereocenters. The molecule has 1 aliphatic heterocycles. The van der Waals surface area contributed by atoms with Crippen molar-refractivity contribution in [2.24, 2.45) is 21.9 Å². The van der Waals surface area contributed by atoms with E-state index in [0.717, 1.165) is 15.6 Å². The van der Waals surface area contributed by atoms with E-state index >= 15 is 0 Å². The molecule has 0 aliphatic carbocycles. The van der Waals surface area contributed by atoms with Gasteiger partial charge < -0.3 is 14.2 Å². The fourth-order valence-corrected chi connectivity index (χ4v) is 3.17. The van der Waals surface area contributed by atoms with Crippen LogP contribution in [-0.2, 0) is 11.3 Å². The van der Waals surface area contributed by atoms with Crippen LogP contribution in [0.2, 0.25) is 0 Å². The fraction of sp³-hybridized carbons (Fsp3) is 0.318. The number of rotatable bonds is 6. The predicted octanol–water partition coefficient (Wildman–Crippen LogP) is 3.67. The number of amides is 2. The Morgan fingerprint density at radius 2 is 1.85 bits per heavy atom. The lowest BCUT2D eigenvalue weighted by molar-refractivity contribution is -0.286. The van der Waals surface area contributed by atoms with Gasteiger partial charge in [-0.1, -0.05) is 25.1 Å². The van der Waals surface area contributed by atoms with Gasteiger partial charge >= 0.3 is 12.3 Å². The second-order valence-corrected chi connectivity index (χ2v) is 7.46. The maximum absolute atomic E-state index is 13.5. The number of benzene rings is 2. The third kappa shape index (κ3) is 5.41. The van der Waals surface area contributed by atoms with Crippen LogP contribution in [0, 0.1) is 6.92 Å². The minimum Gasteiger partial charge on any atom is -0.475 e. The van der Waals surface area contributed by atoms with Crippen molar-refractivity contribution in [3.05, 3.63) is 53.1 Å². The Labute approximate surface area is 195 Å². The first-order valence-electron chi connectivity index (χ1n) is 10.3. The quantitative estimate of drug-likeness (QED) is 0.215. The van der Waals surface area contributed by atoms with Crippen LogP contribution in [0.3, 0.4) is 0 Å². The Balaban J connectivity index is 1.80. The van der Waals surface area contributed by atoms with Gasteiger partial charge in [-0.25, -0.2) is 21.5 Å². The van der Waals surface area contributed by atoms with Crippen LogP contribution in [-0.4, -0.2) is 36.0 Å². The number of halogens is 2. The number of nitrogens with two attached hydrogens (primary N) is 2. The molecular formula is C22H26F2N6O4. The predicted molar refractivity (Wildman–Crippen MR) is 123 cm³/mol. The zero-order chi connectivity index (χ0) is 25.0. The highest BCUT2D eigenvalue weighted by molar-refractivity contribution is 6.02. The van der Waals surface area contributed by atoms with Crippen molar-refractivity contribution in [3.63, 3.8) is 0 Å². The number of hydrogen-bond donors (Lipinski definition) is 2. The highest BCUT2D eigenvalue weighted by Gasteiger charge is 2.44. The van der Waals surface area contributed by atoms with Crippen LogP contribution < -0.4 is 26.2 Å². The number of alkyl halides is 2. The second kappa shape index (κ2) is 10.0. The van der Waals surface area contributed by atoms with Gasteiger partial charge in [0.05, 0.1) is 11.4 Å². The molecule has 182 valence electrons. The summed E-state index contributed by atoms with van der Waals surface area (Å²) >= 11 is 0. The minimum absolute atomic E-state index is 0.0580. The third-order valence-electron chi connectivity index (χ3n) is 4.97. The summed E-state index contributed by atoms with van der Waals surface area (Å²) in [7, 11) is 1.39. The number of aryl methyl sites for hydroxylation is 1. The first-order valence-corrected chi connectivity index (χ1v) is 10.3. The first-order chi connectivity index (χ1) is 16.0. The zero-order valence-corrected chi connectivity index (χ0v) is 19.2. The molecule has 2 aromatic rings. The Bertz CT molecular complexity index is 1140. The molecule has 2 amide bonds. The van der Waals surface area contributed by atoms with Gasteiger partial charge in [0.25, 0.3) is 0 Å². The van der Waals surface area contributed by atoms with E-state index in [9.17, 15) is 13.6 Å². The van der Waals surface area contributed by atoms with Crippen molar-refractivity contribution in [3.8, 4) is 11.5 Å². The zero-order valence-electron chi connectivity index (χ0n) is 19.2. The second-order valence-electron chi connectivity index (χ2n) is 7.46. The van der Waals surface area contributed by atoms with E-state index in [1.807, 2.05) is 19.9 Å². The van der Waals surface area contributed by atoms with Crippen LogP contribution in [0.15, 0.2) is 46.6 Å². The SMILES string of the molecule is CCC(=NN=C(C)c1cccc2c1OC(F)(F)O2)OCc1c(C)cccc1N(N)C(=O)N(C)N. The molecule has 0 saturated carbocycles.